The Morgan fingerprint density at radius 3 is 3.00 bits per heavy atom. The Kier molecular flexibility index (Phi) is 1.08. The molecule has 2 aliphatic rings. The van der Waals surface area contributed by atoms with Crippen LogP contribution < -0.4 is 5.32 Å². The Morgan fingerprint density at radius 2 is 2.56 bits per heavy atom. The monoisotopic (exact) mass is 127 g/mol. The number of hydrogen-bond donors (Lipinski definition) is 2. The fourth-order valence-electron chi connectivity index (χ4n) is 1.97. The summed E-state index contributed by atoms with van der Waals surface area (Å²) >= 11 is 0. The van der Waals surface area contributed by atoms with Crippen LogP contribution in [0.4, 0.5) is 0 Å². The Morgan fingerprint density at radius 1 is 1.67 bits per heavy atom. The number of hydrogen-bond acceptors (Lipinski definition) is 2. The highest BCUT2D eigenvalue weighted by molar-refractivity contribution is 5.12. The van der Waals surface area contributed by atoms with Gasteiger partial charge in [-0.1, -0.05) is 0 Å². The van der Waals surface area contributed by atoms with E-state index in [1.54, 1.807) is 0 Å². The summed E-state index contributed by atoms with van der Waals surface area (Å²) in [6.45, 7) is 1.55. The van der Waals surface area contributed by atoms with Crippen LogP contribution >= 0.6 is 0 Å². The highest BCUT2D eigenvalue weighted by Crippen LogP contribution is 2.48. The van der Waals surface area contributed by atoms with Crippen LogP contribution in [0, 0.1) is 5.92 Å². The third-order valence-corrected chi connectivity index (χ3v) is 2.73. The van der Waals surface area contributed by atoms with Gasteiger partial charge in [-0.25, -0.2) is 0 Å². The highest BCUT2D eigenvalue weighted by atomic mass is 16.3. The van der Waals surface area contributed by atoms with Crippen molar-refractivity contribution < 1.29 is 5.11 Å². The number of rotatable bonds is 1. The summed E-state index contributed by atoms with van der Waals surface area (Å²) in [5, 5.41) is 12.2. The summed E-state index contributed by atoms with van der Waals surface area (Å²) in [5.74, 6) is 0.583. The molecule has 2 heteroatoms. The minimum absolute atomic E-state index is 0.382. The lowest BCUT2D eigenvalue weighted by molar-refractivity contribution is 0.260. The van der Waals surface area contributed by atoms with E-state index in [1.807, 2.05) is 0 Å². The molecule has 2 N–H and O–H groups in total. The normalized spacial score (nSPS) is 48.3. The van der Waals surface area contributed by atoms with E-state index in [-0.39, 0.29) is 0 Å². The Bertz CT molecular complexity index is 118. The van der Waals surface area contributed by atoms with Gasteiger partial charge >= 0.3 is 0 Å². The zero-order valence-corrected chi connectivity index (χ0v) is 5.56. The molecule has 1 spiro atoms. The Balaban J connectivity index is 1.97. The van der Waals surface area contributed by atoms with Gasteiger partial charge in [0.05, 0.1) is 0 Å². The minimum atomic E-state index is 0.382. The molecule has 2 rings (SSSR count). The summed E-state index contributed by atoms with van der Waals surface area (Å²) < 4.78 is 0. The predicted molar refractivity (Wildman–Crippen MR) is 35.2 cm³/mol. The second kappa shape index (κ2) is 1.70. The van der Waals surface area contributed by atoms with E-state index in [4.69, 9.17) is 5.11 Å². The van der Waals surface area contributed by atoms with E-state index in [2.05, 4.69) is 5.32 Å². The highest BCUT2D eigenvalue weighted by Gasteiger charge is 2.54. The molecule has 0 amide bonds. The SMILES string of the molecule is OCC1CC12CCCN2. The number of aliphatic hydroxyl groups is 1. The van der Waals surface area contributed by atoms with Crippen LogP contribution in [0.25, 0.3) is 0 Å². The molecular formula is C7H13NO. The van der Waals surface area contributed by atoms with Crippen molar-refractivity contribution in [3.05, 3.63) is 0 Å². The van der Waals surface area contributed by atoms with Crippen LogP contribution in [0.1, 0.15) is 19.3 Å². The quantitative estimate of drug-likeness (QED) is 0.524. The molecule has 52 valence electrons. The molecule has 1 saturated heterocycles. The molecule has 2 unspecified atom stereocenters. The van der Waals surface area contributed by atoms with Gasteiger partial charge in [-0.15, -0.1) is 0 Å². The van der Waals surface area contributed by atoms with Gasteiger partial charge in [0.25, 0.3) is 0 Å². The molecule has 0 aromatic rings. The van der Waals surface area contributed by atoms with Crippen LogP contribution in [0.15, 0.2) is 0 Å². The third-order valence-electron chi connectivity index (χ3n) is 2.73. The molecule has 9 heavy (non-hydrogen) atoms. The van der Waals surface area contributed by atoms with Crippen molar-refractivity contribution in [1.29, 1.82) is 0 Å². The maximum Gasteiger partial charge on any atom is 0.0477 e. The van der Waals surface area contributed by atoms with Crippen molar-refractivity contribution in [2.24, 2.45) is 5.92 Å². The van der Waals surface area contributed by atoms with Crippen LogP contribution in [0.3, 0.4) is 0 Å². The maximum absolute atomic E-state index is 8.79. The van der Waals surface area contributed by atoms with E-state index in [1.165, 1.54) is 19.3 Å². The lowest BCUT2D eigenvalue weighted by Crippen LogP contribution is -2.26. The average molecular weight is 127 g/mol. The first-order valence-electron chi connectivity index (χ1n) is 3.73. The van der Waals surface area contributed by atoms with Gasteiger partial charge in [0, 0.05) is 18.1 Å². The van der Waals surface area contributed by atoms with E-state index in [0.717, 1.165) is 6.54 Å². The van der Waals surface area contributed by atoms with Crippen LogP contribution in [0.2, 0.25) is 0 Å². The molecule has 0 bridgehead atoms. The van der Waals surface area contributed by atoms with Crippen molar-refractivity contribution in [2.45, 2.75) is 24.8 Å². The van der Waals surface area contributed by atoms with Gasteiger partial charge < -0.3 is 10.4 Å². The summed E-state index contributed by atoms with van der Waals surface area (Å²) in [6.07, 6.45) is 3.80. The van der Waals surface area contributed by atoms with Gasteiger partial charge in [0.1, 0.15) is 0 Å². The molecule has 0 aromatic heterocycles. The number of aliphatic hydroxyl groups excluding tert-OH is 1. The van der Waals surface area contributed by atoms with E-state index in [9.17, 15) is 0 Å². The van der Waals surface area contributed by atoms with Gasteiger partial charge in [-0.3, -0.25) is 0 Å². The van der Waals surface area contributed by atoms with Gasteiger partial charge in [0.2, 0.25) is 0 Å². The predicted octanol–water partition coefficient (Wildman–Crippen LogP) is 0.121. The van der Waals surface area contributed by atoms with Crippen molar-refractivity contribution in [1.82, 2.24) is 5.32 Å². The fourth-order valence-corrected chi connectivity index (χ4v) is 1.97. The van der Waals surface area contributed by atoms with Crippen molar-refractivity contribution >= 4 is 0 Å². The van der Waals surface area contributed by atoms with Crippen molar-refractivity contribution in [3.63, 3.8) is 0 Å². The zero-order chi connectivity index (χ0) is 6.32. The second-order valence-electron chi connectivity index (χ2n) is 3.27. The molecule has 1 aliphatic carbocycles. The van der Waals surface area contributed by atoms with Crippen LogP contribution in [0.5, 0.6) is 0 Å². The first kappa shape index (κ1) is 5.69. The molecule has 1 heterocycles. The first-order valence-corrected chi connectivity index (χ1v) is 3.73. The van der Waals surface area contributed by atoms with Crippen LogP contribution in [-0.2, 0) is 0 Å². The largest absolute Gasteiger partial charge is 0.396 e. The lowest BCUT2D eigenvalue weighted by atomic mass is 10.1. The molecule has 1 aliphatic heterocycles. The fraction of sp³-hybridized carbons (Fsp3) is 1.00. The van der Waals surface area contributed by atoms with Gasteiger partial charge in [0.15, 0.2) is 0 Å². The summed E-state index contributed by atoms with van der Waals surface area (Å²) in [5.41, 5.74) is 0.411. The number of nitrogens with one attached hydrogen (secondary N) is 1. The summed E-state index contributed by atoms with van der Waals surface area (Å²) in [7, 11) is 0. The van der Waals surface area contributed by atoms with Crippen molar-refractivity contribution in [3.8, 4) is 0 Å². The summed E-state index contributed by atoms with van der Waals surface area (Å²) in [6, 6.07) is 0. The van der Waals surface area contributed by atoms with E-state index >= 15 is 0 Å². The molecule has 2 atom stereocenters. The molecule has 2 nitrogen and oxygen atoms in total. The molecular weight excluding hydrogens is 114 g/mol. The molecule has 1 saturated carbocycles. The smallest absolute Gasteiger partial charge is 0.0477 e. The maximum atomic E-state index is 8.79. The van der Waals surface area contributed by atoms with Gasteiger partial charge in [-0.2, -0.15) is 0 Å². The first-order chi connectivity index (χ1) is 4.37. The summed E-state index contributed by atoms with van der Waals surface area (Å²) in [4.78, 5) is 0. The minimum Gasteiger partial charge on any atom is -0.396 e. The molecule has 0 aromatic carbocycles. The second-order valence-corrected chi connectivity index (χ2v) is 3.27. The standard InChI is InChI=1S/C7H13NO/c9-5-6-4-7(6)2-1-3-8-7/h6,8-9H,1-5H2. The Labute approximate surface area is 55.3 Å². The average Bonchev–Trinajstić information content (AvgIpc) is 2.30. The molecule has 2 fully saturated rings. The zero-order valence-electron chi connectivity index (χ0n) is 5.56. The Hall–Kier alpha value is -0.0800. The lowest BCUT2D eigenvalue weighted by Gasteiger charge is -2.06. The third kappa shape index (κ3) is 0.700. The van der Waals surface area contributed by atoms with Crippen molar-refractivity contribution in [2.75, 3.05) is 13.2 Å². The molecule has 0 radical (unpaired) electrons. The van der Waals surface area contributed by atoms with Gasteiger partial charge in [-0.05, 0) is 25.8 Å². The van der Waals surface area contributed by atoms with E-state index in [0.29, 0.717) is 18.1 Å². The topological polar surface area (TPSA) is 32.3 Å². The van der Waals surface area contributed by atoms with Crippen LogP contribution in [-0.4, -0.2) is 23.8 Å². The van der Waals surface area contributed by atoms with E-state index < -0.39 is 0 Å².